The molecule has 3 heteroatoms. The Bertz CT molecular complexity index is 742. The average Bonchev–Trinajstić information content (AvgIpc) is 2.68. The zero-order valence-electron chi connectivity index (χ0n) is 17.4. The SMILES string of the molecule is CC(=O)N(CCC(Cc1ccccc1)c1ccccc1)C1CCOC(C)(C)C1. The summed E-state index contributed by atoms with van der Waals surface area (Å²) >= 11 is 0. The fourth-order valence-corrected chi connectivity index (χ4v) is 4.37. The largest absolute Gasteiger partial charge is 0.375 e. The summed E-state index contributed by atoms with van der Waals surface area (Å²) in [7, 11) is 0. The molecule has 150 valence electrons. The van der Waals surface area contributed by atoms with Gasteiger partial charge in [-0.05, 0) is 56.6 Å². The van der Waals surface area contributed by atoms with Gasteiger partial charge in [0, 0.05) is 26.1 Å². The maximum Gasteiger partial charge on any atom is 0.219 e. The van der Waals surface area contributed by atoms with Crippen LogP contribution in [0.4, 0.5) is 0 Å². The van der Waals surface area contributed by atoms with Gasteiger partial charge in [0.2, 0.25) is 5.91 Å². The van der Waals surface area contributed by atoms with Crippen LogP contribution in [-0.4, -0.2) is 35.6 Å². The highest BCUT2D eigenvalue weighted by molar-refractivity contribution is 5.73. The Labute approximate surface area is 169 Å². The Balaban J connectivity index is 1.72. The van der Waals surface area contributed by atoms with Crippen molar-refractivity contribution in [3.63, 3.8) is 0 Å². The van der Waals surface area contributed by atoms with E-state index in [-0.39, 0.29) is 17.6 Å². The van der Waals surface area contributed by atoms with E-state index in [0.29, 0.717) is 5.92 Å². The van der Waals surface area contributed by atoms with Crippen molar-refractivity contribution < 1.29 is 9.53 Å². The Morgan fingerprint density at radius 1 is 1.11 bits per heavy atom. The number of rotatable bonds is 7. The van der Waals surface area contributed by atoms with Crippen LogP contribution in [0.5, 0.6) is 0 Å². The van der Waals surface area contributed by atoms with Gasteiger partial charge in [0.1, 0.15) is 0 Å². The number of ether oxygens (including phenoxy) is 1. The fraction of sp³-hybridized carbons (Fsp3) is 0.480. The van der Waals surface area contributed by atoms with E-state index in [1.54, 1.807) is 6.92 Å². The van der Waals surface area contributed by atoms with Crippen LogP contribution in [0.15, 0.2) is 60.7 Å². The molecule has 0 aliphatic carbocycles. The van der Waals surface area contributed by atoms with Gasteiger partial charge in [-0.15, -0.1) is 0 Å². The molecule has 2 unspecified atom stereocenters. The third-order valence-electron chi connectivity index (χ3n) is 5.83. The molecule has 0 aromatic heterocycles. The monoisotopic (exact) mass is 379 g/mol. The predicted octanol–water partition coefficient (Wildman–Crippen LogP) is 5.21. The van der Waals surface area contributed by atoms with Crippen molar-refractivity contribution in [1.29, 1.82) is 0 Å². The molecule has 28 heavy (non-hydrogen) atoms. The molecule has 1 saturated heterocycles. The van der Waals surface area contributed by atoms with E-state index in [1.807, 2.05) is 0 Å². The smallest absolute Gasteiger partial charge is 0.219 e. The zero-order valence-corrected chi connectivity index (χ0v) is 17.4. The Hall–Kier alpha value is -2.13. The number of benzene rings is 2. The highest BCUT2D eigenvalue weighted by atomic mass is 16.5. The Morgan fingerprint density at radius 2 is 1.75 bits per heavy atom. The van der Waals surface area contributed by atoms with Gasteiger partial charge in [-0.1, -0.05) is 60.7 Å². The highest BCUT2D eigenvalue weighted by Gasteiger charge is 2.33. The summed E-state index contributed by atoms with van der Waals surface area (Å²) in [4.78, 5) is 14.5. The van der Waals surface area contributed by atoms with Crippen molar-refractivity contribution in [2.45, 2.75) is 64.0 Å². The van der Waals surface area contributed by atoms with Crippen LogP contribution >= 0.6 is 0 Å². The molecule has 0 radical (unpaired) electrons. The van der Waals surface area contributed by atoms with E-state index in [2.05, 4.69) is 79.4 Å². The maximum absolute atomic E-state index is 12.4. The van der Waals surface area contributed by atoms with Crippen LogP contribution in [-0.2, 0) is 16.0 Å². The van der Waals surface area contributed by atoms with E-state index >= 15 is 0 Å². The normalized spacial score (nSPS) is 19.8. The zero-order chi connectivity index (χ0) is 20.0. The summed E-state index contributed by atoms with van der Waals surface area (Å²) in [5.74, 6) is 0.576. The second-order valence-corrected chi connectivity index (χ2v) is 8.55. The minimum atomic E-state index is -0.153. The first-order valence-corrected chi connectivity index (χ1v) is 10.4. The van der Waals surface area contributed by atoms with E-state index < -0.39 is 0 Å². The Morgan fingerprint density at radius 3 is 2.36 bits per heavy atom. The minimum absolute atomic E-state index is 0.153. The van der Waals surface area contributed by atoms with Gasteiger partial charge < -0.3 is 9.64 Å². The number of amides is 1. The minimum Gasteiger partial charge on any atom is -0.375 e. The average molecular weight is 380 g/mol. The van der Waals surface area contributed by atoms with Crippen LogP contribution in [0, 0.1) is 0 Å². The number of hydrogen-bond acceptors (Lipinski definition) is 2. The molecule has 1 fully saturated rings. The first kappa shape index (κ1) is 20.6. The summed E-state index contributed by atoms with van der Waals surface area (Å²) < 4.78 is 5.86. The number of nitrogens with zero attached hydrogens (tertiary/aromatic N) is 1. The summed E-state index contributed by atoms with van der Waals surface area (Å²) in [6.45, 7) is 7.48. The Kier molecular flexibility index (Phi) is 6.90. The van der Waals surface area contributed by atoms with Crippen LogP contribution in [0.1, 0.15) is 57.1 Å². The van der Waals surface area contributed by atoms with Gasteiger partial charge in [-0.3, -0.25) is 4.79 Å². The van der Waals surface area contributed by atoms with Crippen LogP contribution in [0.3, 0.4) is 0 Å². The molecular formula is C25H33NO2. The molecule has 1 heterocycles. The lowest BCUT2D eigenvalue weighted by molar-refractivity contribution is -0.138. The summed E-state index contributed by atoms with van der Waals surface area (Å²) in [6.07, 6.45) is 3.80. The molecule has 0 N–H and O–H groups in total. The first-order valence-electron chi connectivity index (χ1n) is 10.4. The summed E-state index contributed by atoms with van der Waals surface area (Å²) in [5, 5.41) is 0. The molecule has 2 atom stereocenters. The van der Waals surface area contributed by atoms with Crippen LogP contribution < -0.4 is 0 Å². The van der Waals surface area contributed by atoms with Gasteiger partial charge in [-0.2, -0.15) is 0 Å². The van der Waals surface area contributed by atoms with Gasteiger partial charge in [-0.25, -0.2) is 0 Å². The third kappa shape index (κ3) is 5.68. The van der Waals surface area contributed by atoms with Crippen molar-refractivity contribution in [2.24, 2.45) is 0 Å². The second kappa shape index (κ2) is 9.38. The summed E-state index contributed by atoms with van der Waals surface area (Å²) in [6, 6.07) is 21.6. The first-order chi connectivity index (χ1) is 13.4. The van der Waals surface area contributed by atoms with Crippen LogP contribution in [0.2, 0.25) is 0 Å². The van der Waals surface area contributed by atoms with Crippen molar-refractivity contribution in [1.82, 2.24) is 4.90 Å². The van der Waals surface area contributed by atoms with Crippen molar-refractivity contribution in [2.75, 3.05) is 13.2 Å². The van der Waals surface area contributed by atoms with Crippen molar-refractivity contribution >= 4 is 5.91 Å². The molecular weight excluding hydrogens is 346 g/mol. The van der Waals surface area contributed by atoms with Gasteiger partial charge >= 0.3 is 0 Å². The number of carbonyl (C=O) groups excluding carboxylic acids is 1. The molecule has 1 aliphatic rings. The van der Waals surface area contributed by atoms with E-state index in [4.69, 9.17) is 4.74 Å². The lowest BCUT2D eigenvalue weighted by atomic mass is 9.88. The predicted molar refractivity (Wildman–Crippen MR) is 114 cm³/mol. The van der Waals surface area contributed by atoms with Gasteiger partial charge in [0.15, 0.2) is 0 Å². The van der Waals surface area contributed by atoms with Crippen LogP contribution in [0.25, 0.3) is 0 Å². The van der Waals surface area contributed by atoms with E-state index in [9.17, 15) is 4.79 Å². The lowest BCUT2D eigenvalue weighted by Crippen LogP contribution is -2.48. The van der Waals surface area contributed by atoms with Gasteiger partial charge in [0.25, 0.3) is 0 Å². The molecule has 0 saturated carbocycles. The molecule has 3 nitrogen and oxygen atoms in total. The molecule has 0 bridgehead atoms. The van der Waals surface area contributed by atoms with Crippen molar-refractivity contribution in [3.05, 3.63) is 71.8 Å². The number of carbonyl (C=O) groups is 1. The fourth-order valence-electron chi connectivity index (χ4n) is 4.37. The topological polar surface area (TPSA) is 29.5 Å². The quantitative estimate of drug-likeness (QED) is 0.661. The molecule has 1 amide bonds. The summed E-state index contributed by atoms with van der Waals surface area (Å²) in [5.41, 5.74) is 2.54. The third-order valence-corrected chi connectivity index (χ3v) is 5.83. The maximum atomic E-state index is 12.4. The lowest BCUT2D eigenvalue weighted by Gasteiger charge is -2.41. The highest BCUT2D eigenvalue weighted by Crippen LogP contribution is 2.30. The second-order valence-electron chi connectivity index (χ2n) is 8.55. The number of hydrogen-bond donors (Lipinski definition) is 0. The molecule has 2 aromatic rings. The van der Waals surface area contributed by atoms with Gasteiger partial charge in [0.05, 0.1) is 5.60 Å². The molecule has 2 aromatic carbocycles. The van der Waals surface area contributed by atoms with Crippen molar-refractivity contribution in [3.8, 4) is 0 Å². The molecule has 1 aliphatic heterocycles. The molecule has 0 spiro atoms. The standard InChI is InChI=1S/C25H33NO2/c1-20(27)26(24-15-17-28-25(2,3)19-24)16-14-23(22-12-8-5-9-13-22)18-21-10-6-4-7-11-21/h4-13,23-24H,14-19H2,1-3H3. The van der Waals surface area contributed by atoms with E-state index in [1.165, 1.54) is 11.1 Å². The molecule has 3 rings (SSSR count). The van der Waals surface area contributed by atoms with E-state index in [0.717, 1.165) is 38.8 Å².